The number of rotatable bonds is 2. The molecule has 24 heavy (non-hydrogen) atoms. The zero-order valence-electron chi connectivity index (χ0n) is 11.6. The normalized spacial score (nSPS) is 20.2. The summed E-state index contributed by atoms with van der Waals surface area (Å²) < 4.78 is 59.3. The maximum Gasteiger partial charge on any atom is 0.416 e. The van der Waals surface area contributed by atoms with Gasteiger partial charge in [0.15, 0.2) is 9.84 Å². The summed E-state index contributed by atoms with van der Waals surface area (Å²) in [5.41, 5.74) is -1.25. The van der Waals surface area contributed by atoms with Gasteiger partial charge in [0.05, 0.1) is 17.4 Å². The summed E-state index contributed by atoms with van der Waals surface area (Å²) in [6.07, 6.45) is -3.49. The number of amides is 1. The van der Waals surface area contributed by atoms with Gasteiger partial charge in [0.25, 0.3) is 9.70 Å². The van der Waals surface area contributed by atoms with Crippen molar-refractivity contribution in [3.05, 3.63) is 41.3 Å². The number of hydrogen-bond acceptors (Lipinski definition) is 3. The van der Waals surface area contributed by atoms with Gasteiger partial charge in [0.1, 0.15) is 0 Å². The van der Waals surface area contributed by atoms with E-state index in [-0.39, 0.29) is 5.69 Å². The highest BCUT2D eigenvalue weighted by Crippen LogP contribution is 2.36. The molecule has 1 aromatic carbocycles. The van der Waals surface area contributed by atoms with Gasteiger partial charge < -0.3 is 4.90 Å². The summed E-state index contributed by atoms with van der Waals surface area (Å²) in [6, 6.07) is 2.68. The molecule has 1 aliphatic heterocycles. The number of carbonyl (C=O) groups excluding carboxylic acids is 1. The number of alkyl halides is 6. The van der Waals surface area contributed by atoms with Crippen LogP contribution < -0.4 is 4.90 Å². The molecule has 132 valence electrons. The van der Waals surface area contributed by atoms with E-state index in [1.165, 1.54) is 6.07 Å². The topological polar surface area (TPSA) is 54.5 Å². The molecule has 0 aliphatic carbocycles. The molecule has 1 amide bonds. The Bertz CT molecular complexity index is 788. The third-order valence-corrected chi connectivity index (χ3v) is 5.02. The minimum absolute atomic E-state index is 0.229. The maximum absolute atomic E-state index is 12.9. The maximum atomic E-state index is 12.9. The summed E-state index contributed by atoms with van der Waals surface area (Å²) in [7, 11) is -3.59. The van der Waals surface area contributed by atoms with Crippen molar-refractivity contribution >= 4 is 56.2 Å². The van der Waals surface area contributed by atoms with Crippen molar-refractivity contribution in [3.63, 3.8) is 0 Å². The van der Waals surface area contributed by atoms with Crippen LogP contribution in [0.15, 0.2) is 35.7 Å². The van der Waals surface area contributed by atoms with Crippen LogP contribution in [-0.4, -0.2) is 29.9 Å². The van der Waals surface area contributed by atoms with E-state index in [0.717, 1.165) is 28.5 Å². The lowest BCUT2D eigenvalue weighted by atomic mass is 10.1. The summed E-state index contributed by atoms with van der Waals surface area (Å²) in [6.45, 7) is 0. The second-order valence-corrected chi connectivity index (χ2v) is 9.16. The fourth-order valence-electron chi connectivity index (χ4n) is 2.15. The molecule has 0 unspecified atom stereocenters. The van der Waals surface area contributed by atoms with E-state index in [9.17, 15) is 26.4 Å². The van der Waals surface area contributed by atoms with Gasteiger partial charge in [-0.15, -0.1) is 0 Å². The molecule has 0 spiro atoms. The molecule has 1 aromatic rings. The van der Waals surface area contributed by atoms with Gasteiger partial charge in [-0.25, -0.2) is 8.42 Å². The minimum Gasteiger partial charge on any atom is -0.301 e. The minimum atomic E-state index is -4.65. The number of sulfone groups is 1. The molecule has 1 atom stereocenters. The van der Waals surface area contributed by atoms with Crippen LogP contribution in [0.2, 0.25) is 0 Å². The molecule has 0 bridgehead atoms. The lowest BCUT2D eigenvalue weighted by Crippen LogP contribution is -2.46. The predicted molar refractivity (Wildman–Crippen MR) is 85.9 cm³/mol. The molecule has 0 saturated heterocycles. The van der Waals surface area contributed by atoms with Gasteiger partial charge in [-0.2, -0.15) is 13.2 Å². The number of halogens is 6. The fraction of sp³-hybridized carbons (Fsp3) is 0.308. The Labute approximate surface area is 150 Å². The summed E-state index contributed by atoms with van der Waals surface area (Å²) in [5, 5.41) is 0.865. The van der Waals surface area contributed by atoms with E-state index < -0.39 is 43.1 Å². The third-order valence-electron chi connectivity index (χ3n) is 3.16. The van der Waals surface area contributed by atoms with E-state index in [1.807, 2.05) is 0 Å². The summed E-state index contributed by atoms with van der Waals surface area (Å²) in [4.78, 5) is 13.1. The standard InChI is InChI=1S/C13H9Cl3F3NO3S/c14-12(15,16)11(21)20(10-4-5-24(22,23)7-10)9-3-1-2-8(6-9)13(17,18)19/h1-6,10H,7H2/t10-/m0/s1. The van der Waals surface area contributed by atoms with Crippen molar-refractivity contribution in [1.82, 2.24) is 0 Å². The monoisotopic (exact) mass is 421 g/mol. The quantitative estimate of drug-likeness (QED) is 0.683. The number of carbonyl (C=O) groups is 1. The predicted octanol–water partition coefficient (Wildman–Crippen LogP) is 3.72. The Morgan fingerprint density at radius 3 is 2.29 bits per heavy atom. The van der Waals surface area contributed by atoms with Crippen LogP contribution in [0.1, 0.15) is 5.56 Å². The van der Waals surface area contributed by atoms with Gasteiger partial charge in [-0.3, -0.25) is 4.79 Å². The average molecular weight is 423 g/mol. The Kier molecular flexibility index (Phi) is 5.17. The first-order chi connectivity index (χ1) is 10.8. The van der Waals surface area contributed by atoms with Crippen molar-refractivity contribution in [2.45, 2.75) is 16.0 Å². The number of hydrogen-bond donors (Lipinski definition) is 0. The van der Waals surface area contributed by atoms with Gasteiger partial charge in [0.2, 0.25) is 0 Å². The van der Waals surface area contributed by atoms with Crippen LogP contribution in [0.3, 0.4) is 0 Å². The van der Waals surface area contributed by atoms with Crippen molar-refractivity contribution in [2.75, 3.05) is 10.7 Å². The Balaban J connectivity index is 2.52. The lowest BCUT2D eigenvalue weighted by Gasteiger charge is -2.30. The Morgan fingerprint density at radius 1 is 1.21 bits per heavy atom. The van der Waals surface area contributed by atoms with Crippen LogP contribution in [0, 0.1) is 0 Å². The number of nitrogens with zero attached hydrogens (tertiary/aromatic N) is 1. The molecule has 4 nitrogen and oxygen atoms in total. The first-order valence-corrected chi connectivity index (χ1v) is 9.15. The third kappa shape index (κ3) is 4.36. The Hall–Kier alpha value is -0.960. The smallest absolute Gasteiger partial charge is 0.301 e. The molecule has 1 aliphatic rings. The fourth-order valence-corrected chi connectivity index (χ4v) is 3.69. The molecular formula is C13H9Cl3F3NO3S. The second-order valence-electron chi connectivity index (χ2n) is 4.95. The van der Waals surface area contributed by atoms with Crippen molar-refractivity contribution in [3.8, 4) is 0 Å². The van der Waals surface area contributed by atoms with Crippen LogP contribution in [0.5, 0.6) is 0 Å². The van der Waals surface area contributed by atoms with Gasteiger partial charge in [0, 0.05) is 11.1 Å². The van der Waals surface area contributed by atoms with Crippen molar-refractivity contribution < 1.29 is 26.4 Å². The number of anilines is 1. The first-order valence-electron chi connectivity index (χ1n) is 6.30. The molecule has 0 radical (unpaired) electrons. The highest BCUT2D eigenvalue weighted by molar-refractivity contribution is 7.94. The van der Waals surface area contributed by atoms with Gasteiger partial charge in [-0.05, 0) is 24.3 Å². The van der Waals surface area contributed by atoms with Gasteiger partial charge >= 0.3 is 6.18 Å². The van der Waals surface area contributed by atoms with Crippen molar-refractivity contribution in [2.24, 2.45) is 0 Å². The molecule has 11 heteroatoms. The molecule has 1 heterocycles. The van der Waals surface area contributed by atoms with E-state index >= 15 is 0 Å². The van der Waals surface area contributed by atoms with Crippen LogP contribution >= 0.6 is 34.8 Å². The summed E-state index contributed by atoms with van der Waals surface area (Å²) in [5.74, 6) is -1.67. The van der Waals surface area contributed by atoms with Crippen LogP contribution in [0.25, 0.3) is 0 Å². The highest BCUT2D eigenvalue weighted by Gasteiger charge is 2.41. The molecular weight excluding hydrogens is 414 g/mol. The molecule has 0 N–H and O–H groups in total. The van der Waals surface area contributed by atoms with Crippen LogP contribution in [-0.2, 0) is 20.8 Å². The largest absolute Gasteiger partial charge is 0.416 e. The van der Waals surface area contributed by atoms with E-state index in [2.05, 4.69) is 0 Å². The SMILES string of the molecule is O=C(N(c1cccc(C(F)(F)F)c1)[C@H]1C=CS(=O)(=O)C1)C(Cl)(Cl)Cl. The van der Waals surface area contributed by atoms with E-state index in [0.29, 0.717) is 6.07 Å². The lowest BCUT2D eigenvalue weighted by molar-refractivity contribution is -0.137. The highest BCUT2D eigenvalue weighted by atomic mass is 35.6. The molecule has 0 saturated carbocycles. The van der Waals surface area contributed by atoms with E-state index in [1.54, 1.807) is 0 Å². The van der Waals surface area contributed by atoms with E-state index in [4.69, 9.17) is 34.8 Å². The second kappa shape index (κ2) is 6.40. The molecule has 0 fully saturated rings. The molecule has 0 aromatic heterocycles. The Morgan fingerprint density at radius 2 is 1.83 bits per heavy atom. The first kappa shape index (κ1) is 19.4. The van der Waals surface area contributed by atoms with Gasteiger partial charge in [-0.1, -0.05) is 40.9 Å². The molecule has 2 rings (SSSR count). The zero-order chi connectivity index (χ0) is 18.3. The van der Waals surface area contributed by atoms with Crippen LogP contribution in [0.4, 0.5) is 18.9 Å². The number of benzene rings is 1. The van der Waals surface area contributed by atoms with Crippen molar-refractivity contribution in [1.29, 1.82) is 0 Å². The zero-order valence-corrected chi connectivity index (χ0v) is 14.7. The summed E-state index contributed by atoms with van der Waals surface area (Å²) >= 11 is 16.7. The average Bonchev–Trinajstić information content (AvgIpc) is 2.77.